The summed E-state index contributed by atoms with van der Waals surface area (Å²) in [6.07, 6.45) is 1.50. The van der Waals surface area contributed by atoms with Crippen molar-refractivity contribution in [3.05, 3.63) is 58.3 Å². The van der Waals surface area contributed by atoms with Gasteiger partial charge in [0, 0.05) is 10.6 Å². The van der Waals surface area contributed by atoms with E-state index in [9.17, 15) is 4.79 Å². The number of nitrogens with one attached hydrogen (secondary N) is 1. The lowest BCUT2D eigenvalue weighted by molar-refractivity contribution is 0.102. The predicted molar refractivity (Wildman–Crippen MR) is 68.7 cm³/mol. The number of halogens is 2. The molecule has 1 amide bonds. The van der Waals surface area contributed by atoms with E-state index in [-0.39, 0.29) is 5.91 Å². The number of rotatable bonds is 2. The van der Waals surface area contributed by atoms with Gasteiger partial charge in [-0.2, -0.15) is 0 Å². The van der Waals surface area contributed by atoms with Crippen LogP contribution in [0.25, 0.3) is 0 Å². The fraction of sp³-hybridized carbons (Fsp3) is 0. The third-order valence-electron chi connectivity index (χ3n) is 2.09. The maximum Gasteiger partial charge on any atom is 0.255 e. The molecule has 0 aliphatic rings. The van der Waals surface area contributed by atoms with Crippen LogP contribution in [0.3, 0.4) is 0 Å². The molecule has 0 unspecified atom stereocenters. The minimum Gasteiger partial charge on any atom is -0.321 e. The van der Waals surface area contributed by atoms with Gasteiger partial charge in [0.2, 0.25) is 0 Å². The number of benzene rings is 1. The van der Waals surface area contributed by atoms with Crippen LogP contribution in [0.5, 0.6) is 0 Å². The lowest BCUT2D eigenvalue weighted by Gasteiger charge is -2.04. The third-order valence-corrected chi connectivity index (χ3v) is 2.57. The zero-order valence-electron chi connectivity index (χ0n) is 8.65. The van der Waals surface area contributed by atoms with Gasteiger partial charge in [-0.1, -0.05) is 23.2 Å². The van der Waals surface area contributed by atoms with Crippen molar-refractivity contribution in [1.29, 1.82) is 0 Å². The predicted octanol–water partition coefficient (Wildman–Crippen LogP) is 3.64. The quantitative estimate of drug-likeness (QED) is 0.844. The Morgan fingerprint density at radius 3 is 2.35 bits per heavy atom. The van der Waals surface area contributed by atoms with Crippen molar-refractivity contribution >= 4 is 34.8 Å². The Bertz CT molecular complexity index is 523. The molecule has 3 nitrogen and oxygen atoms in total. The Kier molecular flexibility index (Phi) is 3.61. The first-order chi connectivity index (χ1) is 8.15. The molecule has 0 fully saturated rings. The highest BCUT2D eigenvalue weighted by atomic mass is 35.5. The van der Waals surface area contributed by atoms with Gasteiger partial charge in [-0.25, -0.2) is 4.98 Å². The van der Waals surface area contributed by atoms with Crippen LogP contribution in [0.15, 0.2) is 42.6 Å². The number of anilines is 1. The molecular weight excluding hydrogens is 259 g/mol. The number of nitrogens with zero attached hydrogens (tertiary/aromatic N) is 1. The zero-order chi connectivity index (χ0) is 12.3. The topological polar surface area (TPSA) is 42.0 Å². The normalized spacial score (nSPS) is 10.0. The van der Waals surface area contributed by atoms with E-state index in [1.165, 1.54) is 6.20 Å². The fourth-order valence-electron chi connectivity index (χ4n) is 1.25. The zero-order valence-corrected chi connectivity index (χ0v) is 10.2. The highest BCUT2D eigenvalue weighted by molar-refractivity contribution is 6.30. The third kappa shape index (κ3) is 3.19. The highest BCUT2D eigenvalue weighted by Crippen LogP contribution is 2.13. The minimum atomic E-state index is -0.217. The summed E-state index contributed by atoms with van der Waals surface area (Å²) in [6, 6.07) is 9.93. The number of hydrogen-bond donors (Lipinski definition) is 1. The number of amides is 1. The SMILES string of the molecule is O=C(Nc1ccc(Cl)nc1)c1ccc(Cl)cc1. The Labute approximate surface area is 108 Å². The molecule has 0 saturated carbocycles. The molecule has 5 heteroatoms. The van der Waals surface area contributed by atoms with Crippen molar-refractivity contribution in [1.82, 2.24) is 4.98 Å². The second-order valence-corrected chi connectivity index (χ2v) is 4.15. The number of hydrogen-bond acceptors (Lipinski definition) is 2. The first-order valence-electron chi connectivity index (χ1n) is 4.83. The van der Waals surface area contributed by atoms with Gasteiger partial charge in [0.1, 0.15) is 5.15 Å². The average molecular weight is 267 g/mol. The summed E-state index contributed by atoms with van der Waals surface area (Å²) in [7, 11) is 0. The van der Waals surface area contributed by atoms with Crippen molar-refractivity contribution in [2.24, 2.45) is 0 Å². The van der Waals surface area contributed by atoms with Gasteiger partial charge < -0.3 is 5.32 Å². The number of carbonyl (C=O) groups excluding carboxylic acids is 1. The van der Waals surface area contributed by atoms with Crippen molar-refractivity contribution in [2.45, 2.75) is 0 Å². The van der Waals surface area contributed by atoms with Crippen LogP contribution in [-0.4, -0.2) is 10.9 Å². The Balaban J connectivity index is 2.11. The smallest absolute Gasteiger partial charge is 0.255 e. The molecule has 1 N–H and O–H groups in total. The van der Waals surface area contributed by atoms with Crippen LogP contribution in [-0.2, 0) is 0 Å². The largest absolute Gasteiger partial charge is 0.321 e. The Hall–Kier alpha value is -1.58. The van der Waals surface area contributed by atoms with Crippen molar-refractivity contribution < 1.29 is 4.79 Å². The molecule has 0 bridgehead atoms. The fourth-order valence-corrected chi connectivity index (χ4v) is 1.49. The van der Waals surface area contributed by atoms with E-state index < -0.39 is 0 Å². The molecule has 0 aliphatic heterocycles. The summed E-state index contributed by atoms with van der Waals surface area (Å²) in [5, 5.41) is 3.68. The maximum absolute atomic E-state index is 11.8. The summed E-state index contributed by atoms with van der Waals surface area (Å²) in [5.74, 6) is -0.217. The summed E-state index contributed by atoms with van der Waals surface area (Å²) in [6.45, 7) is 0. The van der Waals surface area contributed by atoms with Crippen LogP contribution in [0, 0.1) is 0 Å². The summed E-state index contributed by atoms with van der Waals surface area (Å²) >= 11 is 11.4. The molecule has 1 heterocycles. The first kappa shape index (κ1) is 11.9. The van der Waals surface area contributed by atoms with Crippen LogP contribution < -0.4 is 5.32 Å². The van der Waals surface area contributed by atoms with E-state index in [1.807, 2.05) is 0 Å². The van der Waals surface area contributed by atoms with Gasteiger partial charge in [0.25, 0.3) is 5.91 Å². The van der Waals surface area contributed by atoms with Crippen LogP contribution in [0.1, 0.15) is 10.4 Å². The lowest BCUT2D eigenvalue weighted by atomic mass is 10.2. The first-order valence-corrected chi connectivity index (χ1v) is 5.59. The molecule has 0 radical (unpaired) electrons. The molecule has 17 heavy (non-hydrogen) atoms. The standard InChI is InChI=1S/C12H8Cl2N2O/c13-9-3-1-8(2-4-9)12(17)16-10-5-6-11(14)15-7-10/h1-7H,(H,16,17). The molecule has 0 atom stereocenters. The van der Waals surface area contributed by atoms with Crippen LogP contribution >= 0.6 is 23.2 Å². The highest BCUT2D eigenvalue weighted by Gasteiger charge is 2.05. The molecule has 1 aromatic heterocycles. The van der Waals surface area contributed by atoms with Gasteiger partial charge in [0.15, 0.2) is 0 Å². The average Bonchev–Trinajstić information content (AvgIpc) is 2.33. The molecule has 2 rings (SSSR count). The lowest BCUT2D eigenvalue weighted by Crippen LogP contribution is -2.11. The second-order valence-electron chi connectivity index (χ2n) is 3.33. The van der Waals surface area contributed by atoms with E-state index in [0.717, 1.165) is 0 Å². The van der Waals surface area contributed by atoms with E-state index in [2.05, 4.69) is 10.3 Å². The summed E-state index contributed by atoms with van der Waals surface area (Å²) in [5.41, 5.74) is 1.12. The monoisotopic (exact) mass is 266 g/mol. The van der Waals surface area contributed by atoms with Gasteiger partial charge in [0.05, 0.1) is 11.9 Å². The van der Waals surface area contributed by atoms with Crippen LogP contribution in [0.2, 0.25) is 10.2 Å². The van der Waals surface area contributed by atoms with Gasteiger partial charge in [-0.15, -0.1) is 0 Å². The van der Waals surface area contributed by atoms with Gasteiger partial charge in [-0.05, 0) is 36.4 Å². The van der Waals surface area contributed by atoms with Crippen molar-refractivity contribution in [3.63, 3.8) is 0 Å². The molecule has 0 spiro atoms. The van der Waals surface area contributed by atoms with E-state index in [4.69, 9.17) is 23.2 Å². The summed E-state index contributed by atoms with van der Waals surface area (Å²) < 4.78 is 0. The molecular formula is C12H8Cl2N2O. The second kappa shape index (κ2) is 5.17. The van der Waals surface area contributed by atoms with E-state index in [1.54, 1.807) is 36.4 Å². The minimum absolute atomic E-state index is 0.217. The molecule has 0 saturated heterocycles. The Morgan fingerprint density at radius 2 is 1.76 bits per heavy atom. The number of carbonyl (C=O) groups is 1. The summed E-state index contributed by atoms with van der Waals surface area (Å²) in [4.78, 5) is 15.7. The maximum atomic E-state index is 11.8. The van der Waals surface area contributed by atoms with E-state index >= 15 is 0 Å². The Morgan fingerprint density at radius 1 is 1.06 bits per heavy atom. The van der Waals surface area contributed by atoms with Gasteiger partial charge in [-0.3, -0.25) is 4.79 Å². The number of pyridine rings is 1. The molecule has 2 aromatic rings. The van der Waals surface area contributed by atoms with Gasteiger partial charge >= 0.3 is 0 Å². The van der Waals surface area contributed by atoms with E-state index in [0.29, 0.717) is 21.4 Å². The van der Waals surface area contributed by atoms with Crippen molar-refractivity contribution in [2.75, 3.05) is 5.32 Å². The van der Waals surface area contributed by atoms with Crippen molar-refractivity contribution in [3.8, 4) is 0 Å². The molecule has 1 aromatic carbocycles. The molecule has 0 aliphatic carbocycles. The van der Waals surface area contributed by atoms with Crippen LogP contribution in [0.4, 0.5) is 5.69 Å². The molecule has 86 valence electrons. The number of aromatic nitrogens is 1.